The minimum Gasteiger partial charge on any atom is -0.478 e. The van der Waals surface area contributed by atoms with E-state index in [0.29, 0.717) is 18.8 Å². The smallest absolute Gasteiger partial charge is 0.336 e. The normalized spacial score (nSPS) is 14.9. The van der Waals surface area contributed by atoms with Gasteiger partial charge in [0.2, 0.25) is 0 Å². The molecule has 31 heavy (non-hydrogen) atoms. The number of hydrogen-bond acceptors (Lipinski definition) is 5. The molecule has 3 aromatic rings. The summed E-state index contributed by atoms with van der Waals surface area (Å²) >= 11 is 6.12. The maximum absolute atomic E-state index is 14.9. The number of carbonyl (C=O) groups excluding carboxylic acids is 1. The Morgan fingerprint density at radius 2 is 1.94 bits per heavy atom. The van der Waals surface area contributed by atoms with Gasteiger partial charge >= 0.3 is 5.63 Å². The van der Waals surface area contributed by atoms with Crippen molar-refractivity contribution in [3.8, 4) is 16.9 Å². The number of nitrogens with zero attached hydrogens (tertiary/aromatic N) is 1. The molecule has 0 spiro atoms. The maximum atomic E-state index is 14.9. The third kappa shape index (κ3) is 4.13. The molecule has 0 aliphatic carbocycles. The Morgan fingerprint density at radius 3 is 2.58 bits per heavy atom. The zero-order valence-corrected chi connectivity index (χ0v) is 17.4. The fraction of sp³-hybridized carbons (Fsp3) is 0.273. The van der Waals surface area contributed by atoms with Crippen LogP contribution in [0.1, 0.15) is 6.92 Å². The maximum Gasteiger partial charge on any atom is 0.336 e. The minimum atomic E-state index is -0.973. The Morgan fingerprint density at radius 1 is 1.19 bits per heavy atom. The predicted molar refractivity (Wildman–Crippen MR) is 110 cm³/mol. The van der Waals surface area contributed by atoms with Crippen molar-refractivity contribution >= 4 is 28.5 Å². The van der Waals surface area contributed by atoms with Crippen LogP contribution in [0.25, 0.3) is 22.1 Å². The Hall–Kier alpha value is -2.97. The predicted octanol–water partition coefficient (Wildman–Crippen LogP) is 4.02. The van der Waals surface area contributed by atoms with Gasteiger partial charge in [-0.05, 0) is 31.2 Å². The number of hydrogen-bond donors (Lipinski definition) is 0. The molecule has 1 aromatic heterocycles. The van der Waals surface area contributed by atoms with Crippen LogP contribution in [0.15, 0.2) is 45.6 Å². The largest absolute Gasteiger partial charge is 0.478 e. The third-order valence-corrected chi connectivity index (χ3v) is 5.50. The van der Waals surface area contributed by atoms with Gasteiger partial charge in [-0.1, -0.05) is 11.6 Å². The van der Waals surface area contributed by atoms with E-state index < -0.39 is 23.4 Å². The van der Waals surface area contributed by atoms with Crippen molar-refractivity contribution < 1.29 is 27.5 Å². The lowest BCUT2D eigenvalue weighted by molar-refractivity contribution is -0.148. The van der Waals surface area contributed by atoms with E-state index in [2.05, 4.69) is 0 Å². The molecule has 1 fully saturated rings. The van der Waals surface area contributed by atoms with Crippen LogP contribution in [0.5, 0.6) is 5.75 Å². The SMILES string of the molecule is C[C@@H](Oc1cc2oc(=O)cc(-c3ccc(F)cc3Cl)c2cc1F)C(=O)N(C)C1COC1. The lowest BCUT2D eigenvalue weighted by Gasteiger charge is -2.35. The molecule has 1 aliphatic rings. The van der Waals surface area contributed by atoms with Crippen molar-refractivity contribution in [2.45, 2.75) is 19.1 Å². The summed E-state index contributed by atoms with van der Waals surface area (Å²) in [5.74, 6) is -1.87. The lowest BCUT2D eigenvalue weighted by Crippen LogP contribution is -2.52. The van der Waals surface area contributed by atoms with Crippen LogP contribution in [0, 0.1) is 11.6 Å². The standard InChI is InChI=1S/C22H18ClF2NO5/c1-11(22(28)26(2)13-9-29-10-13)30-20-8-19-16(6-18(20)25)15(7-21(27)31-19)14-4-3-12(24)5-17(14)23/h3-8,11,13H,9-10H2,1-2H3/t11-/m1/s1. The number of amides is 1. The number of halogens is 3. The summed E-state index contributed by atoms with van der Waals surface area (Å²) in [5, 5.41) is 0.315. The molecule has 6 nitrogen and oxygen atoms in total. The first-order valence-electron chi connectivity index (χ1n) is 9.48. The highest BCUT2D eigenvalue weighted by Gasteiger charge is 2.30. The molecule has 162 valence electrons. The van der Waals surface area contributed by atoms with Crippen LogP contribution < -0.4 is 10.4 Å². The van der Waals surface area contributed by atoms with E-state index in [1.54, 1.807) is 7.05 Å². The van der Waals surface area contributed by atoms with E-state index in [1.807, 2.05) is 0 Å². The van der Waals surface area contributed by atoms with Crippen LogP contribution >= 0.6 is 11.6 Å². The molecule has 2 heterocycles. The van der Waals surface area contributed by atoms with Crippen molar-refractivity contribution in [3.63, 3.8) is 0 Å². The molecule has 2 aromatic carbocycles. The number of carbonyl (C=O) groups is 1. The van der Waals surface area contributed by atoms with Crippen molar-refractivity contribution in [2.24, 2.45) is 0 Å². The summed E-state index contributed by atoms with van der Waals surface area (Å²) in [5.41, 5.74) is -0.0218. The zero-order valence-electron chi connectivity index (χ0n) is 16.7. The molecule has 0 N–H and O–H groups in total. The highest BCUT2D eigenvalue weighted by molar-refractivity contribution is 6.33. The Kier molecular flexibility index (Phi) is 5.68. The quantitative estimate of drug-likeness (QED) is 0.550. The average molecular weight is 450 g/mol. The van der Waals surface area contributed by atoms with Crippen molar-refractivity contribution in [1.29, 1.82) is 0 Å². The van der Waals surface area contributed by atoms with Crippen molar-refractivity contribution in [3.05, 3.63) is 63.5 Å². The second-order valence-electron chi connectivity index (χ2n) is 7.28. The second-order valence-corrected chi connectivity index (χ2v) is 7.69. The van der Waals surface area contributed by atoms with Crippen LogP contribution in [-0.2, 0) is 9.53 Å². The first-order chi connectivity index (χ1) is 14.7. The molecule has 4 rings (SSSR count). The van der Waals surface area contributed by atoms with Gasteiger partial charge in [0.15, 0.2) is 17.7 Å². The Bertz CT molecular complexity index is 1220. The van der Waals surface area contributed by atoms with Crippen LogP contribution in [-0.4, -0.2) is 43.2 Å². The molecule has 9 heteroatoms. The monoisotopic (exact) mass is 449 g/mol. The van der Waals surface area contributed by atoms with E-state index in [9.17, 15) is 18.4 Å². The molecule has 0 radical (unpaired) electrons. The van der Waals surface area contributed by atoms with Gasteiger partial charge in [0.1, 0.15) is 11.4 Å². The van der Waals surface area contributed by atoms with E-state index >= 15 is 0 Å². The summed E-state index contributed by atoms with van der Waals surface area (Å²) < 4.78 is 44.1. The highest BCUT2D eigenvalue weighted by Crippen LogP contribution is 2.35. The van der Waals surface area contributed by atoms with E-state index in [0.717, 1.165) is 18.2 Å². The lowest BCUT2D eigenvalue weighted by atomic mass is 10.0. The fourth-order valence-corrected chi connectivity index (χ4v) is 3.61. The third-order valence-electron chi connectivity index (χ3n) is 5.19. The van der Waals surface area contributed by atoms with E-state index in [4.69, 9.17) is 25.5 Å². The summed E-state index contributed by atoms with van der Waals surface area (Å²) in [6.45, 7) is 2.39. The molecule has 0 unspecified atom stereocenters. The summed E-state index contributed by atoms with van der Waals surface area (Å²) in [6.07, 6.45) is -0.973. The summed E-state index contributed by atoms with van der Waals surface area (Å²) in [6, 6.07) is 7.14. The van der Waals surface area contributed by atoms with E-state index in [1.165, 1.54) is 30.0 Å². The Labute approximate surface area is 180 Å². The number of ether oxygens (including phenoxy) is 2. The number of rotatable bonds is 5. The first kappa shape index (κ1) is 21.3. The number of benzene rings is 2. The van der Waals surface area contributed by atoms with Crippen LogP contribution in [0.3, 0.4) is 0 Å². The molecule has 0 saturated carbocycles. The highest BCUT2D eigenvalue weighted by atomic mass is 35.5. The summed E-state index contributed by atoms with van der Waals surface area (Å²) in [4.78, 5) is 26.1. The van der Waals surface area contributed by atoms with E-state index in [-0.39, 0.29) is 39.3 Å². The Balaban J connectivity index is 1.70. The zero-order chi connectivity index (χ0) is 22.3. The number of fused-ring (bicyclic) bond motifs is 1. The van der Waals surface area contributed by atoms with Gasteiger partial charge in [-0.15, -0.1) is 0 Å². The molecule has 1 atom stereocenters. The fourth-order valence-electron chi connectivity index (χ4n) is 3.34. The van der Waals surface area contributed by atoms with Gasteiger partial charge in [-0.3, -0.25) is 4.79 Å². The molecule has 1 aliphatic heterocycles. The van der Waals surface area contributed by atoms with Crippen molar-refractivity contribution in [2.75, 3.05) is 20.3 Å². The van der Waals surface area contributed by atoms with Gasteiger partial charge in [-0.2, -0.15) is 0 Å². The topological polar surface area (TPSA) is 69.0 Å². The van der Waals surface area contributed by atoms with Gasteiger partial charge in [0.25, 0.3) is 5.91 Å². The second kappa shape index (κ2) is 8.28. The molecule has 1 amide bonds. The van der Waals surface area contributed by atoms with Gasteiger partial charge in [0.05, 0.1) is 24.3 Å². The van der Waals surface area contributed by atoms with Gasteiger partial charge in [-0.25, -0.2) is 13.6 Å². The van der Waals surface area contributed by atoms with Gasteiger partial charge < -0.3 is 18.8 Å². The first-order valence-corrected chi connectivity index (χ1v) is 9.86. The van der Waals surface area contributed by atoms with Crippen LogP contribution in [0.4, 0.5) is 8.78 Å². The molecular formula is C22H18ClF2NO5. The molecular weight excluding hydrogens is 432 g/mol. The number of likely N-dealkylation sites (N-methyl/N-ethyl adjacent to an activating group) is 1. The van der Waals surface area contributed by atoms with Crippen molar-refractivity contribution in [1.82, 2.24) is 4.90 Å². The summed E-state index contributed by atoms with van der Waals surface area (Å²) in [7, 11) is 1.63. The molecule has 1 saturated heterocycles. The van der Waals surface area contributed by atoms with Gasteiger partial charge in [0, 0.05) is 35.7 Å². The average Bonchev–Trinajstić information content (AvgIpc) is 2.66. The molecule has 0 bridgehead atoms. The minimum absolute atomic E-state index is 0.0407. The van der Waals surface area contributed by atoms with Crippen LogP contribution in [0.2, 0.25) is 5.02 Å².